The predicted molar refractivity (Wildman–Crippen MR) is 30.8 cm³/mol. The Labute approximate surface area is 54.0 Å². The van der Waals surface area contributed by atoms with Crippen molar-refractivity contribution >= 4 is 0 Å². The summed E-state index contributed by atoms with van der Waals surface area (Å²) >= 11 is 0. The van der Waals surface area contributed by atoms with Gasteiger partial charge >= 0.3 is 0 Å². The van der Waals surface area contributed by atoms with Gasteiger partial charge in [0.25, 0.3) is 0 Å². The van der Waals surface area contributed by atoms with Gasteiger partial charge in [0.15, 0.2) is 6.29 Å². The van der Waals surface area contributed by atoms with E-state index >= 15 is 0 Å². The van der Waals surface area contributed by atoms with Crippen molar-refractivity contribution < 1.29 is 13.9 Å². The topological polar surface area (TPSA) is 18.5 Å². The Morgan fingerprint density at radius 1 is 1.44 bits per heavy atom. The van der Waals surface area contributed by atoms with Crippen LogP contribution in [0, 0.1) is 5.92 Å². The van der Waals surface area contributed by atoms with Crippen LogP contribution in [0.15, 0.2) is 0 Å². The molecule has 0 N–H and O–H groups in total. The lowest BCUT2D eigenvalue weighted by atomic mass is 10.2. The predicted octanol–water partition coefficient (Wildman–Crippen LogP) is 0.965. The van der Waals surface area contributed by atoms with E-state index in [0.717, 1.165) is 0 Å². The van der Waals surface area contributed by atoms with Crippen molar-refractivity contribution in [3.05, 3.63) is 0 Å². The molecule has 54 valence electrons. The second-order valence-corrected chi connectivity index (χ2v) is 2.36. The van der Waals surface area contributed by atoms with E-state index in [1.165, 1.54) is 0 Å². The fourth-order valence-electron chi connectivity index (χ4n) is 0.728. The van der Waals surface area contributed by atoms with Crippen molar-refractivity contribution in [3.63, 3.8) is 0 Å². The van der Waals surface area contributed by atoms with Crippen LogP contribution in [0.4, 0.5) is 4.39 Å². The third-order valence-corrected chi connectivity index (χ3v) is 1.26. The Hall–Kier alpha value is -0.150. The summed E-state index contributed by atoms with van der Waals surface area (Å²) in [4.78, 5) is 0. The van der Waals surface area contributed by atoms with E-state index in [4.69, 9.17) is 9.47 Å². The normalized spacial score (nSPS) is 36.7. The maximum atomic E-state index is 11.8. The number of rotatable bonds is 1. The molecule has 9 heavy (non-hydrogen) atoms. The lowest BCUT2D eigenvalue weighted by molar-refractivity contribution is -0.203. The highest BCUT2D eigenvalue weighted by atomic mass is 19.1. The van der Waals surface area contributed by atoms with Crippen LogP contribution in [-0.4, -0.2) is 26.2 Å². The zero-order chi connectivity index (χ0) is 6.69. The summed E-state index contributed by atoms with van der Waals surface area (Å²) in [5.41, 5.74) is 0. The maximum absolute atomic E-state index is 11.8. The Balaban J connectivity index is 2.18. The molecule has 0 aliphatic carbocycles. The zero-order valence-corrected chi connectivity index (χ0v) is 5.47. The highest BCUT2D eigenvalue weighted by Crippen LogP contribution is 2.09. The van der Waals surface area contributed by atoms with Crippen LogP contribution in [0.25, 0.3) is 0 Å². The first-order valence-corrected chi connectivity index (χ1v) is 3.12. The van der Waals surface area contributed by atoms with Crippen molar-refractivity contribution in [2.75, 3.05) is 19.9 Å². The molecule has 0 aromatic heterocycles. The number of hydrogen-bond acceptors (Lipinski definition) is 2. The van der Waals surface area contributed by atoms with Gasteiger partial charge in [-0.25, -0.2) is 4.39 Å². The Morgan fingerprint density at radius 3 is 2.44 bits per heavy atom. The Morgan fingerprint density at radius 2 is 2.00 bits per heavy atom. The maximum Gasteiger partial charge on any atom is 0.185 e. The summed E-state index contributed by atoms with van der Waals surface area (Å²) in [6.45, 7) is 2.71. The van der Waals surface area contributed by atoms with Gasteiger partial charge in [-0.2, -0.15) is 0 Å². The van der Waals surface area contributed by atoms with Gasteiger partial charge < -0.3 is 9.47 Å². The van der Waals surface area contributed by atoms with Gasteiger partial charge in [-0.15, -0.1) is 0 Å². The summed E-state index contributed by atoms with van der Waals surface area (Å²) in [7, 11) is 0. The minimum absolute atomic E-state index is 0.410. The van der Waals surface area contributed by atoms with Gasteiger partial charge in [-0.1, -0.05) is 6.92 Å². The van der Waals surface area contributed by atoms with Gasteiger partial charge in [-0.05, 0) is 0 Å². The van der Waals surface area contributed by atoms with E-state index in [9.17, 15) is 4.39 Å². The first-order valence-electron chi connectivity index (χ1n) is 3.12. The molecule has 1 heterocycles. The van der Waals surface area contributed by atoms with Crippen molar-refractivity contribution in [3.8, 4) is 0 Å². The second kappa shape index (κ2) is 3.13. The molecule has 0 saturated carbocycles. The summed E-state index contributed by atoms with van der Waals surface area (Å²) in [6, 6.07) is 0. The average molecular weight is 134 g/mol. The molecule has 0 aromatic carbocycles. The minimum Gasteiger partial charge on any atom is -0.350 e. The SMILES string of the molecule is CC1COC(CF)OC1. The molecule has 1 saturated heterocycles. The van der Waals surface area contributed by atoms with E-state index in [1.54, 1.807) is 0 Å². The summed E-state index contributed by atoms with van der Waals surface area (Å²) in [6.07, 6.45) is -0.596. The Kier molecular flexibility index (Phi) is 2.42. The largest absolute Gasteiger partial charge is 0.350 e. The molecule has 0 bridgehead atoms. The van der Waals surface area contributed by atoms with Crippen LogP contribution in [0.1, 0.15) is 6.92 Å². The molecule has 0 spiro atoms. The first kappa shape index (κ1) is 6.96. The molecule has 0 aromatic rings. The monoisotopic (exact) mass is 134 g/mol. The van der Waals surface area contributed by atoms with Crippen molar-refractivity contribution in [2.24, 2.45) is 5.92 Å². The first-order chi connectivity index (χ1) is 4.33. The molecular weight excluding hydrogens is 123 g/mol. The fraction of sp³-hybridized carbons (Fsp3) is 1.00. The van der Waals surface area contributed by atoms with E-state index in [1.807, 2.05) is 6.92 Å². The van der Waals surface area contributed by atoms with Crippen molar-refractivity contribution in [1.82, 2.24) is 0 Å². The van der Waals surface area contributed by atoms with Crippen LogP contribution >= 0.6 is 0 Å². The molecule has 1 aliphatic heterocycles. The number of halogens is 1. The standard InChI is InChI=1S/C6H11FO2/c1-5-3-8-6(2-7)9-4-5/h5-6H,2-4H2,1H3. The average Bonchev–Trinajstić information content (AvgIpc) is 1.90. The summed E-state index contributed by atoms with van der Waals surface area (Å²) in [5, 5.41) is 0. The zero-order valence-electron chi connectivity index (χ0n) is 5.47. The van der Waals surface area contributed by atoms with E-state index in [2.05, 4.69) is 0 Å². The lowest BCUT2D eigenvalue weighted by Crippen LogP contribution is -2.31. The van der Waals surface area contributed by atoms with Gasteiger partial charge in [0.05, 0.1) is 13.2 Å². The second-order valence-electron chi connectivity index (χ2n) is 2.36. The highest BCUT2D eigenvalue weighted by Gasteiger charge is 2.17. The van der Waals surface area contributed by atoms with Crippen LogP contribution < -0.4 is 0 Å². The van der Waals surface area contributed by atoms with Crippen LogP contribution in [0.3, 0.4) is 0 Å². The third kappa shape index (κ3) is 1.91. The molecule has 2 nitrogen and oxygen atoms in total. The minimum atomic E-state index is -0.596. The van der Waals surface area contributed by atoms with Crippen molar-refractivity contribution in [1.29, 1.82) is 0 Å². The van der Waals surface area contributed by atoms with Crippen molar-refractivity contribution in [2.45, 2.75) is 13.2 Å². The lowest BCUT2D eigenvalue weighted by Gasteiger charge is -2.24. The molecule has 0 unspecified atom stereocenters. The molecule has 3 heteroatoms. The van der Waals surface area contributed by atoms with E-state index in [-0.39, 0.29) is 0 Å². The number of alkyl halides is 1. The van der Waals surface area contributed by atoms with Crippen LogP contribution in [-0.2, 0) is 9.47 Å². The molecule has 1 fully saturated rings. The smallest absolute Gasteiger partial charge is 0.185 e. The molecular formula is C6H11FO2. The molecule has 1 aliphatic rings. The Bertz CT molecular complexity index is 79.1. The number of ether oxygens (including phenoxy) is 2. The molecule has 0 radical (unpaired) electrons. The highest BCUT2D eigenvalue weighted by molar-refractivity contribution is 4.56. The van der Waals surface area contributed by atoms with Gasteiger partial charge in [0.2, 0.25) is 0 Å². The molecule has 0 amide bonds. The fourth-order valence-corrected chi connectivity index (χ4v) is 0.728. The van der Waals surface area contributed by atoms with E-state index in [0.29, 0.717) is 19.1 Å². The van der Waals surface area contributed by atoms with Gasteiger partial charge in [0.1, 0.15) is 6.67 Å². The number of hydrogen-bond donors (Lipinski definition) is 0. The summed E-state index contributed by atoms with van der Waals surface area (Å²) < 4.78 is 21.6. The van der Waals surface area contributed by atoms with E-state index < -0.39 is 13.0 Å². The van der Waals surface area contributed by atoms with Crippen LogP contribution in [0.5, 0.6) is 0 Å². The van der Waals surface area contributed by atoms with Gasteiger partial charge in [0, 0.05) is 5.92 Å². The van der Waals surface area contributed by atoms with Gasteiger partial charge in [-0.3, -0.25) is 0 Å². The quantitative estimate of drug-likeness (QED) is 0.532. The molecule has 1 rings (SSSR count). The third-order valence-electron chi connectivity index (χ3n) is 1.26. The molecule has 0 atom stereocenters. The van der Waals surface area contributed by atoms with Crippen LogP contribution in [0.2, 0.25) is 0 Å². The summed E-state index contributed by atoms with van der Waals surface area (Å²) in [5.74, 6) is 0.410.